The minimum Gasteiger partial charge on any atom is -0.358 e. The van der Waals surface area contributed by atoms with Crippen molar-refractivity contribution in [3.8, 4) is 11.8 Å². The van der Waals surface area contributed by atoms with E-state index in [0.29, 0.717) is 5.56 Å². The van der Waals surface area contributed by atoms with E-state index in [1.807, 2.05) is 62.5 Å². The normalized spacial score (nSPS) is 11.5. The highest BCUT2D eigenvalue weighted by atomic mass is 16.2. The summed E-state index contributed by atoms with van der Waals surface area (Å²) in [7, 11) is 1.56. The van der Waals surface area contributed by atoms with E-state index in [-0.39, 0.29) is 25.2 Å². The lowest BCUT2D eigenvalue weighted by Gasteiger charge is -2.20. The predicted molar refractivity (Wildman–Crippen MR) is 164 cm³/mol. The lowest BCUT2D eigenvalue weighted by Crippen LogP contribution is -2.48. The Morgan fingerprint density at radius 2 is 1.62 bits per heavy atom. The predicted octanol–water partition coefficient (Wildman–Crippen LogP) is 5.11. The Labute approximate surface area is 238 Å². The standard InChI is InChI=1S/C32H37N5O2.CH4/c1-5-7-29(22-35-21-26-8-6-19-34-20-26)36-28-17-13-25(14-18-28)10-9-24-11-15-27(16-12-24)31(38)37-30(23(2)3)32(39)33-4;/h6-8,11-20,23,30,35-36H,5,21-22H2,1-4H3,(H,33,39)(H,37,38);1H4/b29-7+;. The fourth-order valence-electron chi connectivity index (χ4n) is 3.84. The summed E-state index contributed by atoms with van der Waals surface area (Å²) in [5.74, 6) is 5.79. The van der Waals surface area contributed by atoms with Gasteiger partial charge in [-0.2, -0.15) is 0 Å². The van der Waals surface area contributed by atoms with Crippen LogP contribution in [0.1, 0.15) is 61.7 Å². The van der Waals surface area contributed by atoms with Gasteiger partial charge in [-0.15, -0.1) is 0 Å². The number of hydrogen-bond donors (Lipinski definition) is 4. The minimum atomic E-state index is -0.587. The molecule has 210 valence electrons. The molecule has 2 amide bonds. The highest BCUT2D eigenvalue weighted by molar-refractivity contribution is 5.97. The average molecular weight is 540 g/mol. The molecule has 1 aromatic heterocycles. The monoisotopic (exact) mass is 539 g/mol. The number of carbonyl (C=O) groups excluding carboxylic acids is 2. The van der Waals surface area contributed by atoms with Gasteiger partial charge in [-0.25, -0.2) is 0 Å². The van der Waals surface area contributed by atoms with E-state index >= 15 is 0 Å². The number of nitrogens with zero attached hydrogens (tertiary/aromatic N) is 1. The Morgan fingerprint density at radius 3 is 2.17 bits per heavy atom. The second-order valence-corrected chi connectivity index (χ2v) is 9.44. The molecular formula is C33H41N5O2. The summed E-state index contributed by atoms with van der Waals surface area (Å²) in [5.41, 5.74) is 5.43. The number of allylic oxidation sites excluding steroid dienone is 1. The van der Waals surface area contributed by atoms with E-state index in [0.717, 1.165) is 47.6 Å². The summed E-state index contributed by atoms with van der Waals surface area (Å²) in [5, 5.41) is 12.3. The van der Waals surface area contributed by atoms with E-state index in [9.17, 15) is 9.59 Å². The third-order valence-corrected chi connectivity index (χ3v) is 5.99. The van der Waals surface area contributed by atoms with Crippen molar-refractivity contribution in [2.75, 3.05) is 18.9 Å². The van der Waals surface area contributed by atoms with Crippen LogP contribution in [0.4, 0.5) is 5.69 Å². The van der Waals surface area contributed by atoms with Crippen LogP contribution in [-0.4, -0.2) is 36.4 Å². The molecule has 1 atom stereocenters. The molecule has 0 saturated heterocycles. The lowest BCUT2D eigenvalue weighted by molar-refractivity contribution is -0.123. The van der Waals surface area contributed by atoms with Gasteiger partial charge >= 0.3 is 0 Å². The van der Waals surface area contributed by atoms with E-state index in [4.69, 9.17) is 0 Å². The molecule has 2 aromatic carbocycles. The molecule has 7 heteroatoms. The molecule has 0 fully saturated rings. The summed E-state index contributed by atoms with van der Waals surface area (Å²) in [4.78, 5) is 28.8. The number of aromatic nitrogens is 1. The van der Waals surface area contributed by atoms with Crippen molar-refractivity contribution >= 4 is 17.5 Å². The highest BCUT2D eigenvalue weighted by Crippen LogP contribution is 2.13. The van der Waals surface area contributed by atoms with Gasteiger partial charge in [0.05, 0.1) is 0 Å². The van der Waals surface area contributed by atoms with Crippen molar-refractivity contribution < 1.29 is 9.59 Å². The number of nitrogens with one attached hydrogen (secondary N) is 4. The van der Waals surface area contributed by atoms with Crippen molar-refractivity contribution in [3.63, 3.8) is 0 Å². The molecule has 0 saturated carbocycles. The molecule has 3 aromatic rings. The van der Waals surface area contributed by atoms with Crippen LogP contribution in [0.2, 0.25) is 0 Å². The Bertz CT molecular complexity index is 1300. The van der Waals surface area contributed by atoms with Gasteiger partial charge in [0, 0.05) is 60.6 Å². The van der Waals surface area contributed by atoms with Crippen LogP contribution in [0.3, 0.4) is 0 Å². The van der Waals surface area contributed by atoms with Crippen LogP contribution in [-0.2, 0) is 11.3 Å². The first-order chi connectivity index (χ1) is 18.9. The Morgan fingerprint density at radius 1 is 0.975 bits per heavy atom. The Balaban J connectivity index is 0.00000560. The number of likely N-dealkylation sites (N-methyl/N-ethyl adjacent to an activating group) is 1. The smallest absolute Gasteiger partial charge is 0.251 e. The third kappa shape index (κ3) is 10.0. The van der Waals surface area contributed by atoms with Gasteiger partial charge in [-0.1, -0.05) is 52.2 Å². The molecular weight excluding hydrogens is 498 g/mol. The van der Waals surface area contributed by atoms with Crippen LogP contribution < -0.4 is 21.3 Å². The molecule has 3 rings (SSSR count). The molecule has 0 spiro atoms. The maximum absolute atomic E-state index is 12.6. The maximum atomic E-state index is 12.6. The van der Waals surface area contributed by atoms with E-state index in [1.165, 1.54) is 0 Å². The number of amides is 2. The lowest BCUT2D eigenvalue weighted by atomic mass is 10.0. The summed E-state index contributed by atoms with van der Waals surface area (Å²) >= 11 is 0. The number of carbonyl (C=O) groups is 2. The number of hydrogen-bond acceptors (Lipinski definition) is 5. The Kier molecular flexibility index (Phi) is 13.1. The average Bonchev–Trinajstić information content (AvgIpc) is 2.95. The van der Waals surface area contributed by atoms with Gasteiger partial charge in [0.15, 0.2) is 0 Å². The fraction of sp³-hybridized carbons (Fsp3) is 0.303. The quantitative estimate of drug-likeness (QED) is 0.254. The Hall–Kier alpha value is -4.41. The zero-order chi connectivity index (χ0) is 28.0. The SMILES string of the molecule is C.CC/C=C(\CNCc1cccnc1)Nc1ccc(C#Cc2ccc(C(=O)NC(C(=O)NC)C(C)C)cc2)cc1. The van der Waals surface area contributed by atoms with Crippen LogP contribution in [0.5, 0.6) is 0 Å². The maximum Gasteiger partial charge on any atom is 0.251 e. The minimum absolute atomic E-state index is 0. The van der Waals surface area contributed by atoms with Crippen molar-refractivity contribution in [1.82, 2.24) is 20.9 Å². The van der Waals surface area contributed by atoms with Crippen molar-refractivity contribution in [3.05, 3.63) is 107 Å². The molecule has 1 heterocycles. The van der Waals surface area contributed by atoms with Crippen molar-refractivity contribution in [2.45, 2.75) is 47.2 Å². The van der Waals surface area contributed by atoms with Gasteiger partial charge in [-0.3, -0.25) is 14.6 Å². The summed E-state index contributed by atoms with van der Waals surface area (Å²) in [6, 6.07) is 18.5. The van der Waals surface area contributed by atoms with Crippen molar-refractivity contribution in [1.29, 1.82) is 0 Å². The van der Waals surface area contributed by atoms with E-state index < -0.39 is 6.04 Å². The van der Waals surface area contributed by atoms with E-state index in [1.54, 1.807) is 25.4 Å². The third-order valence-electron chi connectivity index (χ3n) is 5.99. The van der Waals surface area contributed by atoms with Gasteiger partial charge in [0.2, 0.25) is 5.91 Å². The molecule has 1 unspecified atom stereocenters. The largest absolute Gasteiger partial charge is 0.358 e. The number of rotatable bonds is 11. The van der Waals surface area contributed by atoms with Gasteiger partial charge < -0.3 is 21.3 Å². The highest BCUT2D eigenvalue weighted by Gasteiger charge is 2.23. The number of anilines is 1. The zero-order valence-corrected chi connectivity index (χ0v) is 23.0. The van der Waals surface area contributed by atoms with E-state index in [2.05, 4.69) is 57.2 Å². The fourth-order valence-corrected chi connectivity index (χ4v) is 3.84. The van der Waals surface area contributed by atoms with Crippen LogP contribution >= 0.6 is 0 Å². The van der Waals surface area contributed by atoms with Crippen LogP contribution in [0, 0.1) is 17.8 Å². The van der Waals surface area contributed by atoms with Gasteiger partial charge in [0.25, 0.3) is 5.91 Å². The molecule has 7 nitrogen and oxygen atoms in total. The van der Waals surface area contributed by atoms with Crippen molar-refractivity contribution in [2.24, 2.45) is 5.92 Å². The topological polar surface area (TPSA) is 95.2 Å². The number of benzene rings is 2. The first-order valence-electron chi connectivity index (χ1n) is 13.2. The molecule has 0 aliphatic carbocycles. The summed E-state index contributed by atoms with van der Waals surface area (Å²) < 4.78 is 0. The first kappa shape index (κ1) is 31.8. The second kappa shape index (κ2) is 16.5. The first-order valence-corrected chi connectivity index (χ1v) is 13.2. The van der Waals surface area contributed by atoms with Crippen LogP contribution in [0.25, 0.3) is 0 Å². The molecule has 0 bridgehead atoms. The summed E-state index contributed by atoms with van der Waals surface area (Å²) in [6.45, 7) is 7.39. The molecule has 0 aliphatic heterocycles. The summed E-state index contributed by atoms with van der Waals surface area (Å²) in [6.07, 6.45) is 6.76. The van der Waals surface area contributed by atoms with Gasteiger partial charge in [0.1, 0.15) is 6.04 Å². The zero-order valence-electron chi connectivity index (χ0n) is 23.0. The molecule has 4 N–H and O–H groups in total. The number of pyridine rings is 1. The van der Waals surface area contributed by atoms with Crippen LogP contribution in [0.15, 0.2) is 84.8 Å². The van der Waals surface area contributed by atoms with Gasteiger partial charge in [-0.05, 0) is 72.5 Å². The second-order valence-electron chi connectivity index (χ2n) is 9.44. The molecule has 40 heavy (non-hydrogen) atoms. The molecule has 0 aliphatic rings. The molecule has 0 radical (unpaired) electrons.